The van der Waals surface area contributed by atoms with E-state index in [0.717, 1.165) is 25.3 Å². The second-order valence-electron chi connectivity index (χ2n) is 6.82. The summed E-state index contributed by atoms with van der Waals surface area (Å²) in [5.74, 6) is 0.370. The van der Waals surface area contributed by atoms with Crippen LogP contribution < -0.4 is 5.32 Å². The van der Waals surface area contributed by atoms with E-state index in [9.17, 15) is 9.59 Å². The zero-order chi connectivity index (χ0) is 14.2. The van der Waals surface area contributed by atoms with E-state index < -0.39 is 5.97 Å². The Hall–Kier alpha value is -1.26. The molecule has 5 nitrogen and oxygen atoms in total. The number of piperidine rings is 1. The summed E-state index contributed by atoms with van der Waals surface area (Å²) in [6.45, 7) is 2.23. The van der Waals surface area contributed by atoms with Crippen LogP contribution in [0.15, 0.2) is 0 Å². The number of aliphatic carboxylic acids is 1. The van der Waals surface area contributed by atoms with Gasteiger partial charge < -0.3 is 15.3 Å². The summed E-state index contributed by atoms with van der Waals surface area (Å²) in [6, 6.07) is 0.0469. The third kappa shape index (κ3) is 3.07. The van der Waals surface area contributed by atoms with Crippen LogP contribution in [0.1, 0.15) is 44.9 Å². The molecule has 2 N–H and O–H groups in total. The van der Waals surface area contributed by atoms with Crippen molar-refractivity contribution in [1.29, 1.82) is 0 Å². The molecule has 112 valence electrons. The maximum atomic E-state index is 12.1. The largest absolute Gasteiger partial charge is 0.481 e. The van der Waals surface area contributed by atoms with Crippen molar-refractivity contribution in [3.05, 3.63) is 0 Å². The van der Waals surface area contributed by atoms with Crippen LogP contribution in [0, 0.1) is 17.3 Å². The first-order chi connectivity index (χ1) is 9.59. The third-order valence-corrected chi connectivity index (χ3v) is 5.29. The molecule has 3 fully saturated rings. The first-order valence-corrected chi connectivity index (χ1v) is 7.84. The third-order valence-electron chi connectivity index (χ3n) is 5.29. The maximum absolute atomic E-state index is 12.1. The molecule has 5 heteroatoms. The van der Waals surface area contributed by atoms with Gasteiger partial charge in [-0.1, -0.05) is 0 Å². The van der Waals surface area contributed by atoms with Crippen LogP contribution in [0.4, 0.5) is 4.79 Å². The Balaban J connectivity index is 1.39. The predicted octanol–water partition coefficient (Wildman–Crippen LogP) is 2.07. The molecule has 3 aliphatic rings. The van der Waals surface area contributed by atoms with Gasteiger partial charge in [0.2, 0.25) is 0 Å². The molecule has 1 aliphatic heterocycles. The SMILES string of the molecule is O=C(O)CC1CCN(C(=O)NCC2(C3CC3)CC2)CC1. The van der Waals surface area contributed by atoms with Crippen molar-refractivity contribution in [2.75, 3.05) is 19.6 Å². The van der Waals surface area contributed by atoms with Gasteiger partial charge in [-0.2, -0.15) is 0 Å². The molecule has 0 bridgehead atoms. The van der Waals surface area contributed by atoms with E-state index in [-0.39, 0.29) is 18.4 Å². The van der Waals surface area contributed by atoms with Crippen LogP contribution in [0.2, 0.25) is 0 Å². The molecule has 2 amide bonds. The van der Waals surface area contributed by atoms with Gasteiger partial charge in [0, 0.05) is 26.1 Å². The maximum Gasteiger partial charge on any atom is 0.317 e. The molecule has 2 aliphatic carbocycles. The number of carbonyl (C=O) groups is 2. The van der Waals surface area contributed by atoms with Gasteiger partial charge in [0.05, 0.1) is 0 Å². The molecule has 0 unspecified atom stereocenters. The lowest BCUT2D eigenvalue weighted by Crippen LogP contribution is -2.46. The van der Waals surface area contributed by atoms with E-state index in [4.69, 9.17) is 5.11 Å². The highest BCUT2D eigenvalue weighted by Crippen LogP contribution is 2.60. The molecule has 0 radical (unpaired) electrons. The summed E-state index contributed by atoms with van der Waals surface area (Å²) in [5.41, 5.74) is 0.442. The van der Waals surface area contributed by atoms with Gasteiger partial charge in [-0.05, 0) is 55.8 Å². The van der Waals surface area contributed by atoms with E-state index in [2.05, 4.69) is 5.32 Å². The number of carbonyl (C=O) groups excluding carboxylic acids is 1. The summed E-state index contributed by atoms with van der Waals surface area (Å²) in [6.07, 6.45) is 7.10. The van der Waals surface area contributed by atoms with Gasteiger partial charge in [-0.15, -0.1) is 0 Å². The normalized spacial score (nSPS) is 25.3. The fourth-order valence-electron chi connectivity index (χ4n) is 3.54. The number of hydrogen-bond acceptors (Lipinski definition) is 2. The van der Waals surface area contributed by atoms with E-state index in [1.807, 2.05) is 4.90 Å². The predicted molar refractivity (Wildman–Crippen MR) is 74.3 cm³/mol. The van der Waals surface area contributed by atoms with Crippen LogP contribution >= 0.6 is 0 Å². The number of hydrogen-bond donors (Lipinski definition) is 2. The van der Waals surface area contributed by atoms with Crippen molar-refractivity contribution in [2.24, 2.45) is 17.3 Å². The summed E-state index contributed by atoms with van der Waals surface area (Å²) < 4.78 is 0. The van der Waals surface area contributed by atoms with Crippen LogP contribution in [0.3, 0.4) is 0 Å². The van der Waals surface area contributed by atoms with E-state index in [1.165, 1.54) is 25.7 Å². The lowest BCUT2D eigenvalue weighted by Gasteiger charge is -2.32. The number of nitrogens with one attached hydrogen (secondary N) is 1. The molecule has 0 aromatic rings. The molecule has 1 saturated heterocycles. The zero-order valence-corrected chi connectivity index (χ0v) is 11.9. The lowest BCUT2D eigenvalue weighted by molar-refractivity contribution is -0.138. The van der Waals surface area contributed by atoms with Crippen molar-refractivity contribution in [3.8, 4) is 0 Å². The van der Waals surface area contributed by atoms with Crippen molar-refractivity contribution in [2.45, 2.75) is 44.9 Å². The highest BCUT2D eigenvalue weighted by molar-refractivity contribution is 5.74. The monoisotopic (exact) mass is 280 g/mol. The minimum absolute atomic E-state index is 0.0469. The molecule has 3 rings (SSSR count). The number of amides is 2. The van der Waals surface area contributed by atoms with Gasteiger partial charge >= 0.3 is 12.0 Å². The first-order valence-electron chi connectivity index (χ1n) is 7.84. The minimum Gasteiger partial charge on any atom is -0.481 e. The summed E-state index contributed by atoms with van der Waals surface area (Å²) >= 11 is 0. The number of rotatable bonds is 5. The Morgan fingerprint density at radius 3 is 2.30 bits per heavy atom. The average molecular weight is 280 g/mol. The Labute approximate surface area is 119 Å². The summed E-state index contributed by atoms with van der Waals surface area (Å²) in [7, 11) is 0. The fraction of sp³-hybridized carbons (Fsp3) is 0.867. The second-order valence-corrected chi connectivity index (χ2v) is 6.82. The molecule has 0 spiro atoms. The van der Waals surface area contributed by atoms with Gasteiger partial charge in [-0.3, -0.25) is 4.79 Å². The van der Waals surface area contributed by atoms with E-state index >= 15 is 0 Å². The summed E-state index contributed by atoms with van der Waals surface area (Å²) in [4.78, 5) is 24.7. The Morgan fingerprint density at radius 1 is 1.15 bits per heavy atom. The van der Waals surface area contributed by atoms with Gasteiger partial charge in [0.15, 0.2) is 0 Å². The molecule has 0 aromatic carbocycles. The molecule has 1 heterocycles. The topological polar surface area (TPSA) is 69.6 Å². The molecular weight excluding hydrogens is 256 g/mol. The summed E-state index contributed by atoms with van der Waals surface area (Å²) in [5, 5.41) is 11.9. The van der Waals surface area contributed by atoms with Crippen molar-refractivity contribution in [3.63, 3.8) is 0 Å². The van der Waals surface area contributed by atoms with Gasteiger partial charge in [0.25, 0.3) is 0 Å². The average Bonchev–Trinajstić information content (AvgIpc) is 3.27. The molecule has 0 aromatic heterocycles. The fourth-order valence-corrected chi connectivity index (χ4v) is 3.54. The second kappa shape index (κ2) is 5.26. The van der Waals surface area contributed by atoms with Crippen molar-refractivity contribution in [1.82, 2.24) is 10.2 Å². The van der Waals surface area contributed by atoms with Crippen LogP contribution in [-0.2, 0) is 4.79 Å². The number of carboxylic acid groups (broad SMARTS) is 1. The van der Waals surface area contributed by atoms with Gasteiger partial charge in [0.1, 0.15) is 0 Å². The first kappa shape index (κ1) is 13.7. The molecule has 0 atom stereocenters. The molecule has 20 heavy (non-hydrogen) atoms. The number of nitrogens with zero attached hydrogens (tertiary/aromatic N) is 1. The standard InChI is InChI=1S/C15H24N2O3/c18-13(19)9-11-3-7-17(8-4-11)14(20)16-10-15(5-6-15)12-1-2-12/h11-12H,1-10H2,(H,16,20)(H,18,19). The number of carboxylic acids is 1. The van der Waals surface area contributed by atoms with E-state index in [1.54, 1.807) is 0 Å². The molecular formula is C15H24N2O3. The van der Waals surface area contributed by atoms with E-state index in [0.29, 0.717) is 18.5 Å². The number of likely N-dealkylation sites (tertiary alicyclic amines) is 1. The van der Waals surface area contributed by atoms with Crippen molar-refractivity contribution >= 4 is 12.0 Å². The Kier molecular flexibility index (Phi) is 3.61. The molecule has 2 saturated carbocycles. The lowest BCUT2D eigenvalue weighted by atomic mass is 9.94. The van der Waals surface area contributed by atoms with Crippen LogP contribution in [-0.4, -0.2) is 41.6 Å². The van der Waals surface area contributed by atoms with Crippen LogP contribution in [0.25, 0.3) is 0 Å². The van der Waals surface area contributed by atoms with Crippen LogP contribution in [0.5, 0.6) is 0 Å². The van der Waals surface area contributed by atoms with Crippen molar-refractivity contribution < 1.29 is 14.7 Å². The Bertz CT molecular complexity index is 394. The Morgan fingerprint density at radius 2 is 1.80 bits per heavy atom. The highest BCUT2D eigenvalue weighted by Gasteiger charge is 2.53. The zero-order valence-electron chi connectivity index (χ0n) is 11.9. The number of urea groups is 1. The highest BCUT2D eigenvalue weighted by atomic mass is 16.4. The van der Waals surface area contributed by atoms with Gasteiger partial charge in [-0.25, -0.2) is 4.79 Å². The smallest absolute Gasteiger partial charge is 0.317 e. The quantitative estimate of drug-likeness (QED) is 0.810. The minimum atomic E-state index is -0.729.